The number of carbonyl (C=O) groups is 1. The predicted molar refractivity (Wildman–Crippen MR) is 91.5 cm³/mol. The molecule has 3 heteroatoms. The molecule has 0 bridgehead atoms. The number of hydrogen-bond acceptors (Lipinski definition) is 1. The van der Waals surface area contributed by atoms with Crippen LogP contribution in [0.3, 0.4) is 0 Å². The summed E-state index contributed by atoms with van der Waals surface area (Å²) in [5, 5.41) is 4.04. The number of hydrogen-bond donors (Lipinski definition) is 2. The first-order chi connectivity index (χ1) is 10.6. The van der Waals surface area contributed by atoms with Gasteiger partial charge in [0, 0.05) is 22.8 Å². The Kier molecular flexibility index (Phi) is 3.72. The van der Waals surface area contributed by atoms with Crippen molar-refractivity contribution in [1.29, 1.82) is 0 Å². The second-order valence-electron chi connectivity index (χ2n) is 5.90. The van der Waals surface area contributed by atoms with E-state index in [4.69, 9.17) is 0 Å². The van der Waals surface area contributed by atoms with Gasteiger partial charge in [-0.1, -0.05) is 50.2 Å². The van der Waals surface area contributed by atoms with Crippen molar-refractivity contribution in [2.75, 3.05) is 5.32 Å². The summed E-state index contributed by atoms with van der Waals surface area (Å²) in [7, 11) is 0. The third-order valence-electron chi connectivity index (χ3n) is 4.00. The summed E-state index contributed by atoms with van der Waals surface area (Å²) in [6.45, 7) is 6.29. The number of amides is 1. The third kappa shape index (κ3) is 2.50. The number of benzene rings is 2. The van der Waals surface area contributed by atoms with Crippen molar-refractivity contribution >= 4 is 22.5 Å². The molecule has 2 aromatic carbocycles. The molecule has 0 unspecified atom stereocenters. The summed E-state index contributed by atoms with van der Waals surface area (Å²) in [5.74, 6) is 0.284. The fourth-order valence-corrected chi connectivity index (χ4v) is 2.78. The Labute approximate surface area is 130 Å². The number of anilines is 1. The Morgan fingerprint density at radius 1 is 1.09 bits per heavy atom. The van der Waals surface area contributed by atoms with Crippen LogP contribution in [0.25, 0.3) is 10.9 Å². The van der Waals surface area contributed by atoms with Crippen molar-refractivity contribution in [3.8, 4) is 0 Å². The van der Waals surface area contributed by atoms with Crippen molar-refractivity contribution in [1.82, 2.24) is 4.98 Å². The Hall–Kier alpha value is -2.55. The van der Waals surface area contributed by atoms with Crippen LogP contribution in [-0.4, -0.2) is 10.9 Å². The van der Waals surface area contributed by atoms with Crippen LogP contribution in [0.2, 0.25) is 0 Å². The van der Waals surface area contributed by atoms with Crippen molar-refractivity contribution in [2.45, 2.75) is 26.7 Å². The molecule has 3 rings (SSSR count). The van der Waals surface area contributed by atoms with E-state index in [1.54, 1.807) is 6.20 Å². The quantitative estimate of drug-likeness (QED) is 0.712. The molecular formula is C19H20N2O. The molecule has 0 atom stereocenters. The Balaban J connectivity index is 1.99. The van der Waals surface area contributed by atoms with Crippen LogP contribution in [0.15, 0.2) is 48.7 Å². The van der Waals surface area contributed by atoms with Crippen LogP contribution in [-0.2, 0) is 0 Å². The van der Waals surface area contributed by atoms with Crippen molar-refractivity contribution in [2.24, 2.45) is 0 Å². The number of aromatic nitrogens is 1. The Morgan fingerprint density at radius 2 is 1.86 bits per heavy atom. The van der Waals surface area contributed by atoms with Gasteiger partial charge >= 0.3 is 0 Å². The van der Waals surface area contributed by atoms with Gasteiger partial charge < -0.3 is 10.3 Å². The minimum Gasteiger partial charge on any atom is -0.360 e. The number of aryl methyl sites for hydroxylation is 1. The highest BCUT2D eigenvalue weighted by Gasteiger charge is 2.15. The van der Waals surface area contributed by atoms with Gasteiger partial charge in [-0.2, -0.15) is 0 Å². The van der Waals surface area contributed by atoms with Crippen LogP contribution >= 0.6 is 0 Å². The minimum atomic E-state index is -0.0753. The average Bonchev–Trinajstić information content (AvgIpc) is 2.93. The molecule has 0 saturated carbocycles. The number of fused-ring (bicyclic) bond motifs is 1. The third-order valence-corrected chi connectivity index (χ3v) is 4.00. The van der Waals surface area contributed by atoms with Gasteiger partial charge in [-0.25, -0.2) is 0 Å². The molecule has 1 heterocycles. The number of aromatic amines is 1. The molecular weight excluding hydrogens is 272 g/mol. The molecule has 0 radical (unpaired) electrons. The molecule has 0 spiro atoms. The fraction of sp³-hybridized carbons (Fsp3) is 0.211. The largest absolute Gasteiger partial charge is 0.360 e. The van der Waals surface area contributed by atoms with E-state index in [0.717, 1.165) is 27.7 Å². The number of nitrogens with one attached hydrogen (secondary N) is 2. The van der Waals surface area contributed by atoms with E-state index in [1.165, 1.54) is 0 Å². The van der Waals surface area contributed by atoms with E-state index in [2.05, 4.69) is 30.2 Å². The molecule has 22 heavy (non-hydrogen) atoms. The number of carbonyl (C=O) groups excluding carboxylic acids is 1. The molecule has 3 nitrogen and oxygen atoms in total. The average molecular weight is 292 g/mol. The lowest BCUT2D eigenvalue weighted by atomic mass is 9.98. The Bertz CT molecular complexity index is 830. The summed E-state index contributed by atoms with van der Waals surface area (Å²) in [6.07, 6.45) is 1.77. The smallest absolute Gasteiger partial charge is 0.257 e. The molecule has 3 aromatic rings. The lowest BCUT2D eigenvalue weighted by molar-refractivity contribution is 0.102. The molecule has 1 amide bonds. The van der Waals surface area contributed by atoms with E-state index in [-0.39, 0.29) is 5.91 Å². The second kappa shape index (κ2) is 5.68. The zero-order valence-corrected chi connectivity index (χ0v) is 13.1. The van der Waals surface area contributed by atoms with Gasteiger partial charge in [-0.15, -0.1) is 0 Å². The van der Waals surface area contributed by atoms with Crippen LogP contribution in [0, 0.1) is 6.92 Å². The minimum absolute atomic E-state index is 0.0753. The van der Waals surface area contributed by atoms with Gasteiger partial charge in [0.25, 0.3) is 5.91 Å². The van der Waals surface area contributed by atoms with Crippen molar-refractivity contribution in [3.63, 3.8) is 0 Å². The first kappa shape index (κ1) is 14.4. The topological polar surface area (TPSA) is 44.9 Å². The SMILES string of the molecule is Cc1cccc(C(C)C)c1NC(=O)c1c[nH]c2ccccc12. The molecule has 0 aliphatic heterocycles. The predicted octanol–water partition coefficient (Wildman–Crippen LogP) is 4.85. The zero-order valence-electron chi connectivity index (χ0n) is 13.1. The summed E-state index contributed by atoms with van der Waals surface area (Å²) in [6, 6.07) is 14.0. The van der Waals surface area contributed by atoms with Crippen LogP contribution in [0.1, 0.15) is 41.3 Å². The highest BCUT2D eigenvalue weighted by molar-refractivity contribution is 6.13. The molecule has 0 aliphatic rings. The highest BCUT2D eigenvalue weighted by Crippen LogP contribution is 2.28. The fourth-order valence-electron chi connectivity index (χ4n) is 2.78. The van der Waals surface area contributed by atoms with E-state index in [0.29, 0.717) is 11.5 Å². The van der Waals surface area contributed by atoms with Crippen LogP contribution in [0.5, 0.6) is 0 Å². The maximum atomic E-state index is 12.7. The van der Waals surface area contributed by atoms with Crippen molar-refractivity contribution in [3.05, 3.63) is 65.4 Å². The molecule has 0 saturated heterocycles. The second-order valence-corrected chi connectivity index (χ2v) is 5.90. The van der Waals surface area contributed by atoms with Gasteiger partial charge in [0.2, 0.25) is 0 Å². The molecule has 2 N–H and O–H groups in total. The first-order valence-electron chi connectivity index (χ1n) is 7.55. The van der Waals surface area contributed by atoms with Crippen LogP contribution < -0.4 is 5.32 Å². The molecule has 1 aromatic heterocycles. The van der Waals surface area contributed by atoms with Crippen LogP contribution in [0.4, 0.5) is 5.69 Å². The molecule has 0 aliphatic carbocycles. The molecule has 0 fully saturated rings. The van der Waals surface area contributed by atoms with Crippen molar-refractivity contribution < 1.29 is 4.79 Å². The van der Waals surface area contributed by atoms with E-state index in [9.17, 15) is 4.79 Å². The highest BCUT2D eigenvalue weighted by atomic mass is 16.1. The van der Waals surface area contributed by atoms with Gasteiger partial charge in [0.05, 0.1) is 5.56 Å². The maximum Gasteiger partial charge on any atom is 0.257 e. The molecule has 112 valence electrons. The maximum absolute atomic E-state index is 12.7. The van der Waals surface area contributed by atoms with Gasteiger partial charge in [0.15, 0.2) is 0 Å². The Morgan fingerprint density at radius 3 is 2.64 bits per heavy atom. The summed E-state index contributed by atoms with van der Waals surface area (Å²) in [4.78, 5) is 15.8. The normalized spacial score (nSPS) is 11.1. The lowest BCUT2D eigenvalue weighted by Crippen LogP contribution is -2.14. The first-order valence-corrected chi connectivity index (χ1v) is 7.55. The van der Waals surface area contributed by atoms with E-state index >= 15 is 0 Å². The standard InChI is InChI=1S/C19H20N2O/c1-12(2)14-9-6-7-13(3)18(14)21-19(22)16-11-20-17-10-5-4-8-15(16)17/h4-12,20H,1-3H3,(H,21,22). The van der Waals surface area contributed by atoms with E-state index in [1.807, 2.05) is 43.3 Å². The summed E-state index contributed by atoms with van der Waals surface area (Å²) >= 11 is 0. The number of rotatable bonds is 3. The monoisotopic (exact) mass is 292 g/mol. The van der Waals surface area contributed by atoms with Gasteiger partial charge in [0.1, 0.15) is 0 Å². The van der Waals surface area contributed by atoms with Gasteiger partial charge in [-0.3, -0.25) is 4.79 Å². The van der Waals surface area contributed by atoms with E-state index < -0.39 is 0 Å². The lowest BCUT2D eigenvalue weighted by Gasteiger charge is -2.16. The summed E-state index contributed by atoms with van der Waals surface area (Å²) < 4.78 is 0. The van der Waals surface area contributed by atoms with Gasteiger partial charge in [-0.05, 0) is 30.0 Å². The zero-order chi connectivity index (χ0) is 15.7. The summed E-state index contributed by atoms with van der Waals surface area (Å²) in [5.41, 5.74) is 4.82. The number of para-hydroxylation sites is 2. The number of H-pyrrole nitrogens is 1.